The first-order valence-corrected chi connectivity index (χ1v) is 8.18. The van der Waals surface area contributed by atoms with Crippen LogP contribution in [-0.4, -0.2) is 32.8 Å². The second-order valence-electron chi connectivity index (χ2n) is 6.01. The Kier molecular flexibility index (Phi) is 4.08. The number of nitrogens with zero attached hydrogens (tertiary/aromatic N) is 4. The molecule has 24 heavy (non-hydrogen) atoms. The fourth-order valence-electron chi connectivity index (χ4n) is 3.11. The zero-order valence-electron chi connectivity index (χ0n) is 13.2. The minimum Gasteiger partial charge on any atom is -0.365 e. The van der Waals surface area contributed by atoms with Gasteiger partial charge in [-0.2, -0.15) is 5.10 Å². The average Bonchev–Trinajstić information content (AvgIpc) is 3.07. The molecule has 4 rings (SSSR count). The Morgan fingerprint density at radius 3 is 2.75 bits per heavy atom. The van der Waals surface area contributed by atoms with Crippen molar-refractivity contribution in [3.8, 4) is 0 Å². The summed E-state index contributed by atoms with van der Waals surface area (Å²) in [6, 6.07) is 6.82. The lowest BCUT2D eigenvalue weighted by atomic mass is 10.1. The molecule has 0 radical (unpaired) electrons. The normalized spacial score (nSPS) is 15.7. The highest BCUT2D eigenvalue weighted by molar-refractivity contribution is 5.86. The van der Waals surface area contributed by atoms with Crippen LogP contribution in [0.1, 0.15) is 24.4 Å². The van der Waals surface area contributed by atoms with Gasteiger partial charge < -0.3 is 10.6 Å². The predicted octanol–water partition coefficient (Wildman–Crippen LogP) is 2.50. The van der Waals surface area contributed by atoms with Gasteiger partial charge in [-0.05, 0) is 43.6 Å². The molecule has 0 aliphatic carbocycles. The summed E-state index contributed by atoms with van der Waals surface area (Å²) in [7, 11) is 0. The van der Waals surface area contributed by atoms with Crippen LogP contribution < -0.4 is 10.6 Å². The van der Waals surface area contributed by atoms with Crippen LogP contribution >= 0.6 is 0 Å². The molecule has 6 nitrogen and oxygen atoms in total. The van der Waals surface area contributed by atoms with Crippen LogP contribution in [0.25, 0.3) is 11.0 Å². The summed E-state index contributed by atoms with van der Waals surface area (Å²) in [6.07, 6.45) is 5.50. The van der Waals surface area contributed by atoms with E-state index < -0.39 is 0 Å². The number of anilines is 1. The van der Waals surface area contributed by atoms with Crippen molar-refractivity contribution in [2.75, 3.05) is 18.4 Å². The summed E-state index contributed by atoms with van der Waals surface area (Å²) in [4.78, 5) is 8.76. The Bertz CT molecular complexity index is 823. The number of rotatable bonds is 4. The third-order valence-electron chi connectivity index (χ3n) is 4.42. The Balaban J connectivity index is 1.57. The van der Waals surface area contributed by atoms with Gasteiger partial charge in [0.2, 0.25) is 0 Å². The topological polar surface area (TPSA) is 67.7 Å². The van der Waals surface area contributed by atoms with Gasteiger partial charge in [-0.3, -0.25) is 0 Å². The highest BCUT2D eigenvalue weighted by Crippen LogP contribution is 2.25. The maximum absolute atomic E-state index is 13.0. The molecule has 3 heterocycles. The van der Waals surface area contributed by atoms with Crippen molar-refractivity contribution < 1.29 is 4.39 Å². The molecule has 0 spiro atoms. The quantitative estimate of drug-likeness (QED) is 0.771. The first-order valence-electron chi connectivity index (χ1n) is 8.18. The van der Waals surface area contributed by atoms with E-state index >= 15 is 0 Å². The molecule has 3 aromatic rings. The van der Waals surface area contributed by atoms with Crippen LogP contribution in [-0.2, 0) is 6.54 Å². The summed E-state index contributed by atoms with van der Waals surface area (Å²) >= 11 is 0. The van der Waals surface area contributed by atoms with Crippen molar-refractivity contribution in [2.24, 2.45) is 0 Å². The van der Waals surface area contributed by atoms with Gasteiger partial charge in [0.1, 0.15) is 18.0 Å². The molecule has 1 aliphatic heterocycles. The summed E-state index contributed by atoms with van der Waals surface area (Å²) in [5.74, 6) is 0.524. The number of piperidine rings is 1. The van der Waals surface area contributed by atoms with Gasteiger partial charge in [-0.15, -0.1) is 0 Å². The predicted molar refractivity (Wildman–Crippen MR) is 90.2 cm³/mol. The SMILES string of the molecule is Fc1ccc(CNc2ncnc3c2cnn3C2CCNCC2)cc1. The molecule has 1 fully saturated rings. The fraction of sp³-hybridized carbons (Fsp3) is 0.353. The maximum atomic E-state index is 13.0. The zero-order chi connectivity index (χ0) is 16.4. The Morgan fingerprint density at radius 2 is 1.96 bits per heavy atom. The molecule has 0 amide bonds. The first kappa shape index (κ1) is 15.0. The monoisotopic (exact) mass is 326 g/mol. The number of fused-ring (bicyclic) bond motifs is 1. The molecule has 0 atom stereocenters. The van der Waals surface area contributed by atoms with Gasteiger partial charge in [-0.1, -0.05) is 12.1 Å². The lowest BCUT2D eigenvalue weighted by Gasteiger charge is -2.23. The van der Waals surface area contributed by atoms with E-state index in [0.717, 1.165) is 48.3 Å². The molecule has 2 N–H and O–H groups in total. The summed E-state index contributed by atoms with van der Waals surface area (Å²) in [6.45, 7) is 2.59. The molecular weight excluding hydrogens is 307 g/mol. The second kappa shape index (κ2) is 6.52. The number of hydrogen-bond acceptors (Lipinski definition) is 5. The van der Waals surface area contributed by atoms with Crippen molar-refractivity contribution >= 4 is 16.9 Å². The molecule has 124 valence electrons. The van der Waals surface area contributed by atoms with Crippen LogP contribution in [0.15, 0.2) is 36.8 Å². The average molecular weight is 326 g/mol. The fourth-order valence-corrected chi connectivity index (χ4v) is 3.11. The summed E-state index contributed by atoms with van der Waals surface area (Å²) < 4.78 is 15.0. The van der Waals surface area contributed by atoms with Crippen LogP contribution in [0.4, 0.5) is 10.2 Å². The number of nitrogens with one attached hydrogen (secondary N) is 2. The van der Waals surface area contributed by atoms with E-state index in [-0.39, 0.29) is 5.82 Å². The first-order chi connectivity index (χ1) is 11.8. The van der Waals surface area contributed by atoms with Crippen LogP contribution in [0.3, 0.4) is 0 Å². The summed E-state index contributed by atoms with van der Waals surface area (Å²) in [5.41, 5.74) is 1.85. The van der Waals surface area contributed by atoms with Crippen molar-refractivity contribution in [3.63, 3.8) is 0 Å². The molecule has 7 heteroatoms. The third-order valence-corrected chi connectivity index (χ3v) is 4.42. The molecule has 0 unspecified atom stereocenters. The van der Waals surface area contributed by atoms with Gasteiger partial charge in [0.25, 0.3) is 0 Å². The molecule has 1 aliphatic rings. The van der Waals surface area contributed by atoms with Crippen molar-refractivity contribution in [1.82, 2.24) is 25.1 Å². The van der Waals surface area contributed by atoms with Gasteiger partial charge in [0.05, 0.1) is 17.6 Å². The molecule has 1 aromatic carbocycles. The van der Waals surface area contributed by atoms with Crippen molar-refractivity contribution in [1.29, 1.82) is 0 Å². The third kappa shape index (κ3) is 2.94. The largest absolute Gasteiger partial charge is 0.365 e. The Labute approximate surface area is 139 Å². The zero-order valence-corrected chi connectivity index (χ0v) is 13.2. The van der Waals surface area contributed by atoms with E-state index in [0.29, 0.717) is 12.6 Å². The molecule has 0 saturated carbocycles. The number of halogens is 1. The maximum Gasteiger partial charge on any atom is 0.163 e. The molecule has 1 saturated heterocycles. The van der Waals surface area contributed by atoms with E-state index in [1.165, 1.54) is 12.1 Å². The molecule has 0 bridgehead atoms. The number of benzene rings is 1. The molecule has 2 aromatic heterocycles. The number of hydrogen-bond donors (Lipinski definition) is 2. The Hall–Kier alpha value is -2.54. The lowest BCUT2D eigenvalue weighted by molar-refractivity contribution is 0.349. The van der Waals surface area contributed by atoms with Gasteiger partial charge in [0.15, 0.2) is 5.65 Å². The van der Waals surface area contributed by atoms with Crippen LogP contribution in [0.2, 0.25) is 0 Å². The Morgan fingerprint density at radius 1 is 1.17 bits per heavy atom. The van der Waals surface area contributed by atoms with Crippen molar-refractivity contribution in [2.45, 2.75) is 25.4 Å². The molecular formula is C17H19FN6. The van der Waals surface area contributed by atoms with Crippen LogP contribution in [0.5, 0.6) is 0 Å². The minimum absolute atomic E-state index is 0.230. The van der Waals surface area contributed by atoms with E-state index in [1.54, 1.807) is 18.5 Å². The van der Waals surface area contributed by atoms with E-state index in [4.69, 9.17) is 0 Å². The standard InChI is InChI=1S/C17H19FN6/c18-13-3-1-12(2-4-13)9-20-16-15-10-23-24(17(15)22-11-21-16)14-5-7-19-8-6-14/h1-4,10-11,14,19H,5-9H2,(H,20,21,22). The van der Waals surface area contributed by atoms with Crippen molar-refractivity contribution in [3.05, 3.63) is 48.2 Å². The van der Waals surface area contributed by atoms with E-state index in [1.807, 2.05) is 10.9 Å². The smallest absolute Gasteiger partial charge is 0.163 e. The van der Waals surface area contributed by atoms with E-state index in [9.17, 15) is 4.39 Å². The number of aromatic nitrogens is 4. The highest BCUT2D eigenvalue weighted by Gasteiger charge is 2.19. The van der Waals surface area contributed by atoms with Gasteiger partial charge in [0, 0.05) is 6.54 Å². The second-order valence-corrected chi connectivity index (χ2v) is 6.01. The highest BCUT2D eigenvalue weighted by atomic mass is 19.1. The minimum atomic E-state index is -0.230. The summed E-state index contributed by atoms with van der Waals surface area (Å²) in [5, 5.41) is 12.1. The van der Waals surface area contributed by atoms with Gasteiger partial charge >= 0.3 is 0 Å². The van der Waals surface area contributed by atoms with Crippen LogP contribution in [0, 0.1) is 5.82 Å². The van der Waals surface area contributed by atoms with E-state index in [2.05, 4.69) is 25.7 Å². The van der Waals surface area contributed by atoms with Gasteiger partial charge in [-0.25, -0.2) is 19.0 Å². The lowest BCUT2D eigenvalue weighted by Crippen LogP contribution is -2.29.